The van der Waals surface area contributed by atoms with Gasteiger partial charge >= 0.3 is 6.09 Å². The van der Waals surface area contributed by atoms with E-state index < -0.39 is 30.1 Å². The number of rotatable bonds is 7. The van der Waals surface area contributed by atoms with Gasteiger partial charge in [-0.15, -0.1) is 0 Å². The maximum atomic E-state index is 13.3. The maximum absolute atomic E-state index is 13.3. The molecule has 1 aliphatic rings. The fourth-order valence-corrected chi connectivity index (χ4v) is 4.07. The van der Waals surface area contributed by atoms with Gasteiger partial charge in [-0.3, -0.25) is 9.78 Å². The number of pyridine rings is 1. The van der Waals surface area contributed by atoms with Crippen molar-refractivity contribution in [3.63, 3.8) is 0 Å². The molecule has 230 valence electrons. The number of aromatic nitrogens is 1. The summed E-state index contributed by atoms with van der Waals surface area (Å²) in [5.74, 6) is -1.34. The van der Waals surface area contributed by atoms with E-state index in [9.17, 15) is 14.7 Å². The van der Waals surface area contributed by atoms with Crippen molar-refractivity contribution in [3.05, 3.63) is 83.6 Å². The highest BCUT2D eigenvalue weighted by Crippen LogP contribution is 2.23. The molecular weight excluding hydrogens is 544 g/mol. The second-order valence-corrected chi connectivity index (χ2v) is 11.4. The summed E-state index contributed by atoms with van der Waals surface area (Å²) in [5, 5.41) is 11.4. The van der Waals surface area contributed by atoms with Gasteiger partial charge in [-0.1, -0.05) is 109 Å². The van der Waals surface area contributed by atoms with E-state index in [0.717, 1.165) is 39.0 Å². The van der Waals surface area contributed by atoms with E-state index in [1.54, 1.807) is 25.3 Å². The first-order valence-electron chi connectivity index (χ1n) is 14.7. The van der Waals surface area contributed by atoms with Gasteiger partial charge in [0.2, 0.25) is 5.91 Å². The van der Waals surface area contributed by atoms with Crippen LogP contribution in [0, 0.1) is 11.3 Å². The smallest absolute Gasteiger partial charge is 0.417 e. The molecule has 42 heavy (non-hydrogen) atoms. The minimum Gasteiger partial charge on any atom is -0.447 e. The Hall–Kier alpha value is -3.16. The summed E-state index contributed by atoms with van der Waals surface area (Å²) in [4.78, 5) is 31.5. The van der Waals surface area contributed by atoms with Crippen molar-refractivity contribution in [2.45, 2.75) is 80.4 Å². The lowest BCUT2D eigenvalue weighted by molar-refractivity contribution is -0.134. The molecule has 1 fully saturated rings. The number of fused-ring (bicyclic) bond motifs is 1. The van der Waals surface area contributed by atoms with Crippen LogP contribution in [0.15, 0.2) is 66.7 Å². The number of ether oxygens (including phenoxy) is 1. The number of carbonyl (C=O) groups excluding carboxylic acids is 2. The maximum Gasteiger partial charge on any atom is 0.417 e. The van der Waals surface area contributed by atoms with E-state index in [0.29, 0.717) is 11.8 Å². The van der Waals surface area contributed by atoms with Gasteiger partial charge in [-0.05, 0) is 54.7 Å². The Balaban J connectivity index is 0.000000873. The SMILES string of the molecule is CC.CC(C)(C)C.CCc1ccc2ccc(/C=C/[C@@H](C(=O)N3C(=O)OCC3Cc3ccccc3)C(C)O)cc2n1.CS. The van der Waals surface area contributed by atoms with Gasteiger partial charge in [0.1, 0.15) is 6.61 Å². The van der Waals surface area contributed by atoms with Gasteiger partial charge in [-0.2, -0.15) is 12.6 Å². The lowest BCUT2D eigenvalue weighted by Gasteiger charge is -2.25. The standard InChI is InChI=1S/C27H28N2O4.C5H12.C2H6.CH4S/c1-3-22-13-12-21-11-9-20(16-25(21)28-22)10-14-24(18(2)30)26(31)29-23(17-33-27(29)32)15-19-7-5-4-6-8-19;1-5(2,3)4;2*1-2/h4-14,16,18,23-24,30H,3,15,17H2,1-2H3;1-4H3;1-2H3;2H,1H3/b14-10+;;;/t18?,23?,24-;;;/m1.../s1. The van der Waals surface area contributed by atoms with Gasteiger partial charge in [0.25, 0.3) is 0 Å². The van der Waals surface area contributed by atoms with E-state index in [2.05, 4.69) is 52.2 Å². The van der Waals surface area contributed by atoms with Crippen molar-refractivity contribution in [1.82, 2.24) is 9.88 Å². The molecule has 6 nitrogen and oxygen atoms in total. The predicted octanol–water partition coefficient (Wildman–Crippen LogP) is 8.02. The lowest BCUT2D eigenvalue weighted by atomic mass is 9.98. The average molecular weight is 595 g/mol. The summed E-state index contributed by atoms with van der Waals surface area (Å²) in [5.41, 5.74) is 4.27. The predicted molar refractivity (Wildman–Crippen MR) is 179 cm³/mol. The van der Waals surface area contributed by atoms with Crippen LogP contribution in [-0.2, 0) is 22.4 Å². The van der Waals surface area contributed by atoms with E-state index in [4.69, 9.17) is 4.74 Å². The molecule has 0 bridgehead atoms. The van der Waals surface area contributed by atoms with Gasteiger partial charge in [-0.25, -0.2) is 9.69 Å². The Labute approximate surface area is 258 Å². The quantitative estimate of drug-likeness (QED) is 0.271. The zero-order chi connectivity index (χ0) is 31.9. The third-order valence-electron chi connectivity index (χ3n) is 5.95. The minimum absolute atomic E-state index is 0.145. The molecule has 0 radical (unpaired) electrons. The Morgan fingerprint density at radius 3 is 2.26 bits per heavy atom. The molecule has 0 aliphatic carbocycles. The number of cyclic esters (lactones) is 1. The monoisotopic (exact) mass is 594 g/mol. The Morgan fingerprint density at radius 2 is 1.69 bits per heavy atom. The van der Waals surface area contributed by atoms with Crippen molar-refractivity contribution in [3.8, 4) is 0 Å². The summed E-state index contributed by atoms with van der Waals surface area (Å²) in [6.45, 7) is 16.5. The van der Waals surface area contributed by atoms with E-state index >= 15 is 0 Å². The lowest BCUT2D eigenvalue weighted by Crippen LogP contribution is -2.45. The van der Waals surface area contributed by atoms with Crippen LogP contribution in [0.3, 0.4) is 0 Å². The summed E-state index contributed by atoms with van der Waals surface area (Å²) >= 11 is 3.53. The van der Waals surface area contributed by atoms with Crippen LogP contribution in [-0.4, -0.2) is 52.0 Å². The number of carbonyl (C=O) groups is 2. The summed E-state index contributed by atoms with van der Waals surface area (Å²) in [6, 6.07) is 19.2. The second-order valence-electron chi connectivity index (χ2n) is 11.4. The fourth-order valence-electron chi connectivity index (χ4n) is 4.07. The summed E-state index contributed by atoms with van der Waals surface area (Å²) in [6.07, 6.45) is 4.87. The molecule has 0 spiro atoms. The van der Waals surface area contributed by atoms with Crippen LogP contribution >= 0.6 is 12.6 Å². The molecule has 4 rings (SSSR count). The van der Waals surface area contributed by atoms with Gasteiger partial charge in [0, 0.05) is 11.1 Å². The van der Waals surface area contributed by atoms with E-state index in [1.165, 1.54) is 0 Å². The highest BCUT2D eigenvalue weighted by Gasteiger charge is 2.41. The molecule has 1 N–H and O–H groups in total. The zero-order valence-electron chi connectivity index (χ0n) is 26.8. The number of aryl methyl sites for hydroxylation is 1. The van der Waals surface area contributed by atoms with Crippen molar-refractivity contribution >= 4 is 41.6 Å². The van der Waals surface area contributed by atoms with Gasteiger partial charge in [0.05, 0.1) is 23.6 Å². The van der Waals surface area contributed by atoms with Gasteiger partial charge in [0.15, 0.2) is 0 Å². The number of hydrogen-bond acceptors (Lipinski definition) is 6. The Morgan fingerprint density at radius 1 is 1.10 bits per heavy atom. The third-order valence-corrected chi connectivity index (χ3v) is 5.95. The second kappa shape index (κ2) is 18.4. The van der Waals surface area contributed by atoms with Crippen LogP contribution in [0.1, 0.15) is 72.2 Å². The molecular formula is C35H50N2O4S. The molecule has 1 aliphatic heterocycles. The number of benzene rings is 2. The van der Waals surface area contributed by atoms with Crippen LogP contribution < -0.4 is 0 Å². The number of imide groups is 1. The fraction of sp³-hybridized carbons (Fsp3) is 0.457. The number of nitrogens with zero attached hydrogens (tertiary/aromatic N) is 2. The zero-order valence-corrected chi connectivity index (χ0v) is 27.7. The first-order chi connectivity index (χ1) is 20.0. The summed E-state index contributed by atoms with van der Waals surface area (Å²) in [7, 11) is 0. The molecule has 3 aromatic rings. The molecule has 0 saturated carbocycles. The molecule has 1 aromatic heterocycles. The Bertz CT molecular complexity index is 1260. The number of aliphatic hydroxyl groups is 1. The Kier molecular flexibility index (Phi) is 16.1. The van der Waals surface area contributed by atoms with E-state index in [1.807, 2.05) is 74.5 Å². The van der Waals surface area contributed by atoms with E-state index in [-0.39, 0.29) is 6.61 Å². The molecule has 3 atom stereocenters. The first kappa shape index (κ1) is 36.9. The number of hydrogen-bond donors (Lipinski definition) is 2. The minimum atomic E-state index is -0.968. The van der Waals surface area contributed by atoms with Crippen molar-refractivity contribution < 1.29 is 19.4 Å². The van der Waals surface area contributed by atoms with Gasteiger partial charge < -0.3 is 9.84 Å². The van der Waals surface area contributed by atoms with Crippen molar-refractivity contribution in [2.75, 3.05) is 12.9 Å². The number of amides is 2. The highest BCUT2D eigenvalue weighted by molar-refractivity contribution is 7.79. The molecule has 2 heterocycles. The highest BCUT2D eigenvalue weighted by atomic mass is 32.1. The average Bonchev–Trinajstić information content (AvgIpc) is 3.33. The van der Waals surface area contributed by atoms with Crippen LogP contribution in [0.4, 0.5) is 4.79 Å². The van der Waals surface area contributed by atoms with Crippen molar-refractivity contribution in [2.24, 2.45) is 11.3 Å². The van der Waals surface area contributed by atoms with Crippen LogP contribution in [0.2, 0.25) is 0 Å². The molecule has 2 unspecified atom stereocenters. The molecule has 2 amide bonds. The van der Waals surface area contributed by atoms with Crippen molar-refractivity contribution in [1.29, 1.82) is 0 Å². The molecule has 7 heteroatoms. The number of thiol groups is 1. The largest absolute Gasteiger partial charge is 0.447 e. The van der Waals surface area contributed by atoms with Crippen LogP contribution in [0.25, 0.3) is 17.0 Å². The summed E-state index contributed by atoms with van der Waals surface area (Å²) < 4.78 is 5.19. The topological polar surface area (TPSA) is 79.7 Å². The molecule has 2 aromatic carbocycles. The number of aliphatic hydroxyl groups excluding tert-OH is 1. The first-order valence-corrected chi connectivity index (χ1v) is 15.6. The van der Waals surface area contributed by atoms with Crippen LogP contribution in [0.5, 0.6) is 0 Å². The molecule has 1 saturated heterocycles. The third kappa shape index (κ3) is 12.0. The normalized spacial score (nSPS) is 15.8.